The van der Waals surface area contributed by atoms with Crippen LogP contribution in [-0.2, 0) is 20.0 Å². The monoisotopic (exact) mass is 299 g/mol. The molecule has 1 saturated heterocycles. The van der Waals surface area contributed by atoms with Gasteiger partial charge in [0, 0.05) is 45.0 Å². The van der Waals surface area contributed by atoms with Crippen molar-refractivity contribution >= 4 is 5.91 Å². The number of aryl methyl sites for hydroxylation is 2. The average Bonchev–Trinajstić information content (AvgIpc) is 3.25. The van der Waals surface area contributed by atoms with Gasteiger partial charge in [-0.15, -0.1) is 0 Å². The highest BCUT2D eigenvalue weighted by Gasteiger charge is 2.32. The molecule has 22 heavy (non-hydrogen) atoms. The lowest BCUT2D eigenvalue weighted by Crippen LogP contribution is -2.29. The molecule has 0 aliphatic carbocycles. The molecular formula is C16H21N5O. The maximum atomic E-state index is 12.8. The number of rotatable bonds is 2. The van der Waals surface area contributed by atoms with E-state index in [4.69, 9.17) is 0 Å². The zero-order valence-electron chi connectivity index (χ0n) is 12.9. The summed E-state index contributed by atoms with van der Waals surface area (Å²) in [7, 11) is 2.01. The molecule has 116 valence electrons. The second-order valence-electron chi connectivity index (χ2n) is 6.32. The van der Waals surface area contributed by atoms with Crippen molar-refractivity contribution in [1.82, 2.24) is 24.2 Å². The van der Waals surface area contributed by atoms with Crippen LogP contribution in [-0.4, -0.2) is 43.2 Å². The van der Waals surface area contributed by atoms with E-state index < -0.39 is 0 Å². The third kappa shape index (κ3) is 2.14. The summed E-state index contributed by atoms with van der Waals surface area (Å²) in [6, 6.07) is 0. The molecular weight excluding hydrogens is 278 g/mol. The Labute approximate surface area is 129 Å². The van der Waals surface area contributed by atoms with E-state index in [1.165, 1.54) is 0 Å². The van der Waals surface area contributed by atoms with E-state index in [0.717, 1.165) is 62.4 Å². The van der Waals surface area contributed by atoms with Crippen LogP contribution in [0.15, 0.2) is 18.6 Å². The second-order valence-corrected chi connectivity index (χ2v) is 6.32. The van der Waals surface area contributed by atoms with Gasteiger partial charge in [-0.2, -0.15) is 5.10 Å². The molecule has 4 rings (SSSR count). The van der Waals surface area contributed by atoms with Crippen molar-refractivity contribution in [3.63, 3.8) is 0 Å². The van der Waals surface area contributed by atoms with Crippen LogP contribution >= 0.6 is 0 Å². The molecule has 0 bridgehead atoms. The maximum absolute atomic E-state index is 12.8. The van der Waals surface area contributed by atoms with E-state index in [0.29, 0.717) is 5.92 Å². The first-order valence-corrected chi connectivity index (χ1v) is 8.05. The summed E-state index contributed by atoms with van der Waals surface area (Å²) in [5.74, 6) is 1.56. The predicted octanol–water partition coefficient (Wildman–Crippen LogP) is 1.58. The van der Waals surface area contributed by atoms with Gasteiger partial charge >= 0.3 is 0 Å². The van der Waals surface area contributed by atoms with Crippen LogP contribution in [0.5, 0.6) is 0 Å². The number of hydrogen-bond acceptors (Lipinski definition) is 3. The number of carbonyl (C=O) groups is 1. The Morgan fingerprint density at radius 2 is 2.23 bits per heavy atom. The van der Waals surface area contributed by atoms with Crippen LogP contribution in [0.2, 0.25) is 0 Å². The summed E-state index contributed by atoms with van der Waals surface area (Å²) in [6.45, 7) is 2.51. The largest absolute Gasteiger partial charge is 0.338 e. The first kappa shape index (κ1) is 13.5. The minimum absolute atomic E-state index is 0.139. The number of fused-ring (bicyclic) bond motifs is 1. The number of likely N-dealkylation sites (tertiary alicyclic amines) is 1. The molecule has 0 saturated carbocycles. The average molecular weight is 299 g/mol. The van der Waals surface area contributed by atoms with Gasteiger partial charge in [0.25, 0.3) is 5.91 Å². The van der Waals surface area contributed by atoms with Gasteiger partial charge in [-0.25, -0.2) is 4.98 Å². The molecule has 1 amide bonds. The van der Waals surface area contributed by atoms with Gasteiger partial charge in [0.05, 0.1) is 17.5 Å². The Morgan fingerprint density at radius 1 is 1.32 bits per heavy atom. The molecule has 1 atom stereocenters. The topological polar surface area (TPSA) is 56.0 Å². The number of imidazole rings is 1. The van der Waals surface area contributed by atoms with Crippen molar-refractivity contribution in [2.75, 3.05) is 13.1 Å². The van der Waals surface area contributed by atoms with E-state index in [9.17, 15) is 4.79 Å². The molecule has 4 heterocycles. The van der Waals surface area contributed by atoms with Crippen molar-refractivity contribution < 1.29 is 4.79 Å². The van der Waals surface area contributed by atoms with E-state index in [1.54, 1.807) is 6.20 Å². The minimum atomic E-state index is 0.139. The van der Waals surface area contributed by atoms with E-state index >= 15 is 0 Å². The SMILES string of the molecule is Cn1ccnc1C1CCN(C(=O)c2cnn3c2CCCC3)C1. The molecule has 0 N–H and O–H groups in total. The van der Waals surface area contributed by atoms with Crippen molar-refractivity contribution in [3.8, 4) is 0 Å². The molecule has 2 aromatic rings. The number of carbonyl (C=O) groups excluding carboxylic acids is 1. The van der Waals surface area contributed by atoms with Gasteiger partial charge in [0.15, 0.2) is 0 Å². The molecule has 0 radical (unpaired) electrons. The van der Waals surface area contributed by atoms with Crippen LogP contribution in [0.25, 0.3) is 0 Å². The quantitative estimate of drug-likeness (QED) is 0.846. The smallest absolute Gasteiger partial charge is 0.257 e. The van der Waals surface area contributed by atoms with Crippen molar-refractivity contribution in [3.05, 3.63) is 35.7 Å². The molecule has 1 unspecified atom stereocenters. The Morgan fingerprint density at radius 3 is 3.05 bits per heavy atom. The fraction of sp³-hybridized carbons (Fsp3) is 0.562. The molecule has 2 aromatic heterocycles. The molecule has 1 fully saturated rings. The fourth-order valence-corrected chi connectivity index (χ4v) is 3.70. The fourth-order valence-electron chi connectivity index (χ4n) is 3.70. The van der Waals surface area contributed by atoms with E-state index in [-0.39, 0.29) is 5.91 Å². The molecule has 6 nitrogen and oxygen atoms in total. The first-order valence-electron chi connectivity index (χ1n) is 8.05. The highest BCUT2D eigenvalue weighted by atomic mass is 16.2. The lowest BCUT2D eigenvalue weighted by molar-refractivity contribution is 0.0789. The van der Waals surface area contributed by atoms with Crippen LogP contribution < -0.4 is 0 Å². The summed E-state index contributed by atoms with van der Waals surface area (Å²) in [5, 5.41) is 4.38. The maximum Gasteiger partial charge on any atom is 0.257 e. The standard InChI is InChI=1S/C16H21N5O/c1-19-9-6-17-15(19)12-5-8-20(11-12)16(22)13-10-18-21-7-3-2-4-14(13)21/h6,9-10,12H,2-5,7-8,11H2,1H3. The first-order chi connectivity index (χ1) is 10.7. The van der Waals surface area contributed by atoms with Crippen LogP contribution in [0.3, 0.4) is 0 Å². The van der Waals surface area contributed by atoms with Gasteiger partial charge < -0.3 is 9.47 Å². The van der Waals surface area contributed by atoms with Gasteiger partial charge in [0.1, 0.15) is 5.82 Å². The lowest BCUT2D eigenvalue weighted by Gasteiger charge is -2.19. The Bertz CT molecular complexity index is 701. The lowest BCUT2D eigenvalue weighted by atomic mass is 10.1. The zero-order valence-corrected chi connectivity index (χ0v) is 12.9. The summed E-state index contributed by atoms with van der Waals surface area (Å²) in [6.07, 6.45) is 9.83. The molecule has 0 aromatic carbocycles. The molecule has 6 heteroatoms. The second kappa shape index (κ2) is 5.26. The van der Waals surface area contributed by atoms with Crippen LogP contribution in [0.4, 0.5) is 0 Å². The Hall–Kier alpha value is -2.11. The zero-order chi connectivity index (χ0) is 15.1. The van der Waals surface area contributed by atoms with Gasteiger partial charge in [-0.3, -0.25) is 9.48 Å². The molecule has 0 spiro atoms. The predicted molar refractivity (Wildman–Crippen MR) is 81.6 cm³/mol. The molecule has 2 aliphatic rings. The number of hydrogen-bond donors (Lipinski definition) is 0. The summed E-state index contributed by atoms with van der Waals surface area (Å²) >= 11 is 0. The van der Waals surface area contributed by atoms with Crippen molar-refractivity contribution in [2.24, 2.45) is 7.05 Å². The van der Waals surface area contributed by atoms with Gasteiger partial charge in [-0.05, 0) is 25.7 Å². The highest BCUT2D eigenvalue weighted by Crippen LogP contribution is 2.28. The van der Waals surface area contributed by atoms with Gasteiger partial charge in [0.2, 0.25) is 0 Å². The van der Waals surface area contributed by atoms with Gasteiger partial charge in [-0.1, -0.05) is 0 Å². The van der Waals surface area contributed by atoms with Crippen molar-refractivity contribution in [2.45, 2.75) is 38.1 Å². The van der Waals surface area contributed by atoms with E-state index in [1.807, 2.05) is 29.0 Å². The third-order valence-electron chi connectivity index (χ3n) is 4.91. The number of nitrogens with zero attached hydrogens (tertiary/aromatic N) is 5. The highest BCUT2D eigenvalue weighted by molar-refractivity contribution is 5.95. The summed E-state index contributed by atoms with van der Waals surface area (Å²) in [4.78, 5) is 19.2. The normalized spacial score (nSPS) is 21.1. The minimum Gasteiger partial charge on any atom is -0.338 e. The molecule has 2 aliphatic heterocycles. The van der Waals surface area contributed by atoms with Crippen molar-refractivity contribution in [1.29, 1.82) is 0 Å². The number of amides is 1. The summed E-state index contributed by atoms with van der Waals surface area (Å²) in [5.41, 5.74) is 1.93. The number of aromatic nitrogens is 4. The van der Waals surface area contributed by atoms with Crippen LogP contribution in [0, 0.1) is 0 Å². The third-order valence-corrected chi connectivity index (χ3v) is 4.91. The van der Waals surface area contributed by atoms with Crippen LogP contribution in [0.1, 0.15) is 47.1 Å². The Kier molecular flexibility index (Phi) is 3.24. The Balaban J connectivity index is 1.52. The van der Waals surface area contributed by atoms with E-state index in [2.05, 4.69) is 14.6 Å². The summed E-state index contributed by atoms with van der Waals surface area (Å²) < 4.78 is 4.06.